The lowest BCUT2D eigenvalue weighted by Crippen LogP contribution is -1.86. The third-order valence-electron chi connectivity index (χ3n) is 1.89. The van der Waals surface area contributed by atoms with Crippen molar-refractivity contribution in [2.45, 2.75) is 0 Å². The molecule has 0 aliphatic carbocycles. The van der Waals surface area contributed by atoms with E-state index in [1.165, 1.54) is 18.4 Å². The third-order valence-corrected chi connectivity index (χ3v) is 3.73. The van der Waals surface area contributed by atoms with E-state index in [4.69, 9.17) is 4.74 Å². The number of halogens is 2. The molecule has 0 saturated heterocycles. The van der Waals surface area contributed by atoms with E-state index < -0.39 is 11.6 Å². The Morgan fingerprint density at radius 1 is 1.50 bits per heavy atom. The number of phenolic OH excluding ortho intramolecular Hbond substituents is 1. The molecule has 1 heterocycles. The second kappa shape index (κ2) is 3.54. The van der Waals surface area contributed by atoms with Crippen LogP contribution >= 0.6 is 33.9 Å². The van der Waals surface area contributed by atoms with Crippen LogP contribution in [0.3, 0.4) is 0 Å². The van der Waals surface area contributed by atoms with Crippen LogP contribution in [-0.4, -0.2) is 12.2 Å². The topological polar surface area (TPSA) is 29.5 Å². The van der Waals surface area contributed by atoms with E-state index in [0.29, 0.717) is 5.39 Å². The van der Waals surface area contributed by atoms with Gasteiger partial charge in [-0.25, -0.2) is 4.39 Å². The first-order valence-electron chi connectivity index (χ1n) is 3.78. The average molecular weight is 324 g/mol. The van der Waals surface area contributed by atoms with Crippen LogP contribution in [0.2, 0.25) is 0 Å². The Morgan fingerprint density at radius 2 is 2.21 bits per heavy atom. The van der Waals surface area contributed by atoms with E-state index in [2.05, 4.69) is 22.6 Å². The van der Waals surface area contributed by atoms with Gasteiger partial charge in [-0.15, -0.1) is 11.3 Å². The van der Waals surface area contributed by atoms with Gasteiger partial charge in [0, 0.05) is 16.2 Å². The highest BCUT2D eigenvalue weighted by Crippen LogP contribution is 2.39. The van der Waals surface area contributed by atoms with Gasteiger partial charge in [0.1, 0.15) is 0 Å². The SMILES string of the molecule is COc1cc2sc(I)cc2c(F)c1O. The van der Waals surface area contributed by atoms with Gasteiger partial charge in [-0.1, -0.05) is 0 Å². The fourth-order valence-corrected chi connectivity index (χ4v) is 3.07. The predicted octanol–water partition coefficient (Wildman–Crippen LogP) is 3.36. The number of methoxy groups -OCH3 is 1. The zero-order valence-electron chi connectivity index (χ0n) is 7.17. The number of rotatable bonds is 1. The molecule has 1 aromatic carbocycles. The highest BCUT2D eigenvalue weighted by molar-refractivity contribution is 14.1. The Morgan fingerprint density at radius 3 is 2.86 bits per heavy atom. The van der Waals surface area contributed by atoms with Crippen molar-refractivity contribution < 1.29 is 14.2 Å². The summed E-state index contributed by atoms with van der Waals surface area (Å²) in [5.74, 6) is -0.860. The summed E-state index contributed by atoms with van der Waals surface area (Å²) in [5.41, 5.74) is 0. The summed E-state index contributed by atoms with van der Waals surface area (Å²) in [5, 5.41) is 9.85. The number of thiophene rings is 1. The fraction of sp³-hybridized carbons (Fsp3) is 0.111. The summed E-state index contributed by atoms with van der Waals surface area (Å²) >= 11 is 3.57. The van der Waals surface area contributed by atoms with Gasteiger partial charge in [0.2, 0.25) is 0 Å². The van der Waals surface area contributed by atoms with Crippen LogP contribution in [0.15, 0.2) is 12.1 Å². The van der Waals surface area contributed by atoms with Gasteiger partial charge < -0.3 is 9.84 Å². The zero-order chi connectivity index (χ0) is 10.3. The van der Waals surface area contributed by atoms with Gasteiger partial charge in [0.05, 0.1) is 9.99 Å². The normalized spacial score (nSPS) is 10.8. The van der Waals surface area contributed by atoms with Crippen LogP contribution in [-0.2, 0) is 0 Å². The molecule has 0 atom stereocenters. The lowest BCUT2D eigenvalue weighted by atomic mass is 10.2. The molecule has 0 radical (unpaired) electrons. The molecule has 0 unspecified atom stereocenters. The standard InChI is InChI=1S/C9H6FIO2S/c1-13-5-3-6-4(2-7(11)14-6)8(10)9(5)12/h2-3,12H,1H3. The highest BCUT2D eigenvalue weighted by atomic mass is 127. The summed E-state index contributed by atoms with van der Waals surface area (Å²) in [7, 11) is 1.40. The molecule has 2 aromatic rings. The monoisotopic (exact) mass is 324 g/mol. The molecular formula is C9H6FIO2S. The number of hydrogen-bond acceptors (Lipinski definition) is 3. The minimum atomic E-state index is -0.612. The Balaban J connectivity index is 2.84. The summed E-state index contributed by atoms with van der Waals surface area (Å²) in [6.07, 6.45) is 0. The molecule has 0 spiro atoms. The van der Waals surface area contributed by atoms with Gasteiger partial charge in [0.25, 0.3) is 0 Å². The number of benzene rings is 1. The second-order valence-electron chi connectivity index (χ2n) is 2.70. The quantitative estimate of drug-likeness (QED) is 0.815. The number of phenols is 1. The van der Waals surface area contributed by atoms with Crippen molar-refractivity contribution in [3.8, 4) is 11.5 Å². The van der Waals surface area contributed by atoms with Crippen LogP contribution in [0, 0.1) is 8.70 Å². The molecule has 0 aliphatic heterocycles. The highest BCUT2D eigenvalue weighted by Gasteiger charge is 2.14. The van der Waals surface area contributed by atoms with Gasteiger partial charge in [-0.05, 0) is 28.7 Å². The minimum absolute atomic E-state index is 0.174. The van der Waals surface area contributed by atoms with Gasteiger partial charge >= 0.3 is 0 Å². The molecule has 0 amide bonds. The molecular weight excluding hydrogens is 318 g/mol. The minimum Gasteiger partial charge on any atom is -0.502 e. The van der Waals surface area contributed by atoms with Crippen LogP contribution in [0.4, 0.5) is 4.39 Å². The molecule has 0 saturated carbocycles. The number of hydrogen-bond donors (Lipinski definition) is 1. The first-order chi connectivity index (χ1) is 6.63. The molecule has 2 rings (SSSR count). The van der Waals surface area contributed by atoms with E-state index in [1.54, 1.807) is 12.1 Å². The summed E-state index contributed by atoms with van der Waals surface area (Å²) in [6, 6.07) is 3.34. The molecule has 0 fully saturated rings. The second-order valence-corrected chi connectivity index (χ2v) is 5.68. The third kappa shape index (κ3) is 1.44. The van der Waals surface area contributed by atoms with E-state index in [-0.39, 0.29) is 5.75 Å². The van der Waals surface area contributed by atoms with Gasteiger partial charge in [-0.2, -0.15) is 0 Å². The molecule has 0 bridgehead atoms. The van der Waals surface area contributed by atoms with Crippen LogP contribution in [0.25, 0.3) is 10.1 Å². The maximum absolute atomic E-state index is 13.5. The van der Waals surface area contributed by atoms with Crippen LogP contribution in [0.1, 0.15) is 0 Å². The summed E-state index contributed by atoms with van der Waals surface area (Å²) in [6.45, 7) is 0. The maximum Gasteiger partial charge on any atom is 0.195 e. The van der Waals surface area contributed by atoms with E-state index >= 15 is 0 Å². The van der Waals surface area contributed by atoms with Crippen molar-refractivity contribution in [2.24, 2.45) is 0 Å². The van der Waals surface area contributed by atoms with Crippen molar-refractivity contribution in [3.63, 3.8) is 0 Å². The van der Waals surface area contributed by atoms with Crippen molar-refractivity contribution >= 4 is 44.0 Å². The smallest absolute Gasteiger partial charge is 0.195 e. The number of ether oxygens (including phenoxy) is 1. The molecule has 14 heavy (non-hydrogen) atoms. The Hall–Kier alpha value is -0.560. The van der Waals surface area contributed by atoms with Crippen molar-refractivity contribution in [1.29, 1.82) is 0 Å². The van der Waals surface area contributed by atoms with Gasteiger partial charge in [0.15, 0.2) is 17.3 Å². The van der Waals surface area contributed by atoms with E-state index in [1.807, 2.05) is 0 Å². The Labute approximate surface area is 97.5 Å². The van der Waals surface area contributed by atoms with Crippen LogP contribution < -0.4 is 4.74 Å². The number of aromatic hydroxyl groups is 1. The van der Waals surface area contributed by atoms with Crippen LogP contribution in [0.5, 0.6) is 11.5 Å². The van der Waals surface area contributed by atoms with Gasteiger partial charge in [-0.3, -0.25) is 0 Å². The average Bonchev–Trinajstić information content (AvgIpc) is 2.52. The molecule has 74 valence electrons. The lowest BCUT2D eigenvalue weighted by Gasteiger charge is -2.04. The van der Waals surface area contributed by atoms with Crippen molar-refractivity contribution in [2.75, 3.05) is 7.11 Å². The largest absolute Gasteiger partial charge is 0.502 e. The maximum atomic E-state index is 13.5. The fourth-order valence-electron chi connectivity index (χ4n) is 1.23. The Kier molecular flexibility index (Phi) is 2.52. The molecule has 2 nitrogen and oxygen atoms in total. The predicted molar refractivity (Wildman–Crippen MR) is 62.7 cm³/mol. The summed E-state index contributed by atoms with van der Waals surface area (Å²) in [4.78, 5) is 0. The summed E-state index contributed by atoms with van der Waals surface area (Å²) < 4.78 is 20.1. The molecule has 0 aliphatic rings. The van der Waals surface area contributed by atoms with E-state index in [9.17, 15) is 9.50 Å². The Bertz CT molecular complexity index is 495. The van der Waals surface area contributed by atoms with Crippen molar-refractivity contribution in [3.05, 3.63) is 20.8 Å². The molecule has 5 heteroatoms. The number of fused-ring (bicyclic) bond motifs is 1. The lowest BCUT2D eigenvalue weighted by molar-refractivity contribution is 0.359. The van der Waals surface area contributed by atoms with Crippen molar-refractivity contribution in [1.82, 2.24) is 0 Å². The zero-order valence-corrected chi connectivity index (χ0v) is 10.1. The molecule has 1 N–H and O–H groups in total. The van der Waals surface area contributed by atoms with E-state index in [0.717, 1.165) is 7.58 Å². The first kappa shape index (κ1) is 9.97. The molecule has 1 aromatic heterocycles. The first-order valence-corrected chi connectivity index (χ1v) is 5.67.